The number of imidazole rings is 1. The van der Waals surface area contributed by atoms with Gasteiger partial charge in [-0.3, -0.25) is 14.5 Å². The number of aromatic nitrogens is 5. The molecule has 5 rings (SSSR count). The first kappa shape index (κ1) is 21.2. The van der Waals surface area contributed by atoms with E-state index in [9.17, 15) is 4.79 Å². The molecule has 4 aromatic rings. The quantitative estimate of drug-likeness (QED) is 0.437. The Hall–Kier alpha value is -3.68. The van der Waals surface area contributed by atoms with Crippen LogP contribution in [0.25, 0.3) is 11.0 Å². The number of amides is 1. The lowest BCUT2D eigenvalue weighted by Gasteiger charge is -2.24. The van der Waals surface area contributed by atoms with Gasteiger partial charge >= 0.3 is 0 Å². The van der Waals surface area contributed by atoms with E-state index in [1.165, 1.54) is 5.56 Å². The Morgan fingerprint density at radius 1 is 1.18 bits per heavy atom. The predicted molar refractivity (Wildman–Crippen MR) is 128 cm³/mol. The minimum atomic E-state index is -0.0185. The topological polar surface area (TPSA) is 89.7 Å². The maximum Gasteiger partial charge on any atom is 0.240 e. The van der Waals surface area contributed by atoms with Crippen LogP contribution in [-0.4, -0.2) is 42.8 Å². The Morgan fingerprint density at radius 2 is 2.12 bits per heavy atom. The molecule has 1 aliphatic rings. The number of rotatable bonds is 8. The number of carbonyl (C=O) groups is 1. The van der Waals surface area contributed by atoms with Crippen LogP contribution in [0.1, 0.15) is 30.4 Å². The van der Waals surface area contributed by atoms with Gasteiger partial charge in [-0.1, -0.05) is 6.07 Å². The maximum atomic E-state index is 12.9. The summed E-state index contributed by atoms with van der Waals surface area (Å²) in [5.74, 6) is 0.891. The van der Waals surface area contributed by atoms with Crippen molar-refractivity contribution in [2.75, 3.05) is 11.9 Å². The van der Waals surface area contributed by atoms with Gasteiger partial charge in [0.2, 0.25) is 5.91 Å². The molecule has 0 bridgehead atoms. The predicted octanol–water partition coefficient (Wildman–Crippen LogP) is 2.98. The number of hydrogen-bond donors (Lipinski definition) is 2. The standard InChI is InChI=1S/C25H29N7O/c1-18-6-7-20-21(29-18)8-9-22-25(20)30-23(11-16-31-15-4-13-28-31)32(22)17-24(33)27-14-10-19-5-2-3-12-26-19/h2-5,8-9,12-13,15,18,29H,6-7,10-11,14,16-17H2,1H3,(H,27,33)/t18-/m0/s1. The summed E-state index contributed by atoms with van der Waals surface area (Å²) in [5, 5.41) is 10.9. The van der Waals surface area contributed by atoms with Crippen molar-refractivity contribution in [1.82, 2.24) is 29.6 Å². The molecule has 0 aliphatic carbocycles. The molecular weight excluding hydrogens is 414 g/mol. The van der Waals surface area contributed by atoms with E-state index in [4.69, 9.17) is 4.98 Å². The van der Waals surface area contributed by atoms with Crippen molar-refractivity contribution >= 4 is 22.6 Å². The van der Waals surface area contributed by atoms with Gasteiger partial charge in [-0.05, 0) is 50.1 Å². The van der Waals surface area contributed by atoms with Crippen LogP contribution >= 0.6 is 0 Å². The number of aryl methyl sites for hydroxylation is 3. The lowest BCUT2D eigenvalue weighted by atomic mass is 9.98. The largest absolute Gasteiger partial charge is 0.382 e. The van der Waals surface area contributed by atoms with Gasteiger partial charge in [0.05, 0.1) is 11.0 Å². The lowest BCUT2D eigenvalue weighted by molar-refractivity contribution is -0.121. The van der Waals surface area contributed by atoms with Gasteiger partial charge in [0.25, 0.3) is 0 Å². The number of hydrogen-bond acceptors (Lipinski definition) is 5. The van der Waals surface area contributed by atoms with Gasteiger partial charge in [-0.2, -0.15) is 5.10 Å². The van der Waals surface area contributed by atoms with Crippen LogP contribution in [0.2, 0.25) is 0 Å². The van der Waals surface area contributed by atoms with Gasteiger partial charge in [0.15, 0.2) is 0 Å². The molecule has 1 aromatic carbocycles. The molecule has 1 aliphatic heterocycles. The summed E-state index contributed by atoms with van der Waals surface area (Å²) in [4.78, 5) is 22.2. The fraction of sp³-hybridized carbons (Fsp3) is 0.360. The van der Waals surface area contributed by atoms with E-state index < -0.39 is 0 Å². The van der Waals surface area contributed by atoms with E-state index in [1.807, 2.05) is 35.1 Å². The number of nitrogens with one attached hydrogen (secondary N) is 2. The number of nitrogens with zero attached hydrogens (tertiary/aromatic N) is 5. The molecule has 0 fully saturated rings. The highest BCUT2D eigenvalue weighted by Crippen LogP contribution is 2.32. The first-order valence-corrected chi connectivity index (χ1v) is 11.6. The first-order chi connectivity index (χ1) is 16.2. The fourth-order valence-corrected chi connectivity index (χ4v) is 4.47. The van der Waals surface area contributed by atoms with Crippen molar-refractivity contribution in [2.45, 2.75) is 51.7 Å². The minimum Gasteiger partial charge on any atom is -0.382 e. The van der Waals surface area contributed by atoms with Crippen LogP contribution in [0.3, 0.4) is 0 Å². The molecule has 0 saturated carbocycles. The number of pyridine rings is 1. The Balaban J connectivity index is 1.37. The van der Waals surface area contributed by atoms with Crippen molar-refractivity contribution in [3.63, 3.8) is 0 Å². The molecule has 1 atom stereocenters. The second kappa shape index (κ2) is 9.44. The monoisotopic (exact) mass is 443 g/mol. The molecule has 8 nitrogen and oxygen atoms in total. The summed E-state index contributed by atoms with van der Waals surface area (Å²) in [5.41, 5.74) is 5.40. The zero-order valence-corrected chi connectivity index (χ0v) is 18.9. The third kappa shape index (κ3) is 4.74. The second-order valence-electron chi connectivity index (χ2n) is 8.60. The number of carbonyl (C=O) groups excluding carboxylic acids is 1. The maximum absolute atomic E-state index is 12.9. The highest BCUT2D eigenvalue weighted by Gasteiger charge is 2.21. The molecular formula is C25H29N7O. The summed E-state index contributed by atoms with van der Waals surface area (Å²) in [6, 6.07) is 12.4. The Kier molecular flexibility index (Phi) is 6.06. The van der Waals surface area contributed by atoms with E-state index in [0.29, 0.717) is 25.4 Å². The summed E-state index contributed by atoms with van der Waals surface area (Å²) in [7, 11) is 0. The second-order valence-corrected chi connectivity index (χ2v) is 8.60. The van der Waals surface area contributed by atoms with Gasteiger partial charge < -0.3 is 15.2 Å². The van der Waals surface area contributed by atoms with Crippen LogP contribution in [0.4, 0.5) is 5.69 Å². The molecule has 1 amide bonds. The summed E-state index contributed by atoms with van der Waals surface area (Å²) < 4.78 is 3.96. The highest BCUT2D eigenvalue weighted by molar-refractivity contribution is 5.87. The molecule has 8 heteroatoms. The van der Waals surface area contributed by atoms with E-state index >= 15 is 0 Å². The number of anilines is 1. The summed E-state index contributed by atoms with van der Waals surface area (Å²) in [6.45, 7) is 3.73. The van der Waals surface area contributed by atoms with Gasteiger partial charge in [0.1, 0.15) is 12.4 Å². The third-order valence-electron chi connectivity index (χ3n) is 6.19. The number of benzene rings is 1. The van der Waals surface area contributed by atoms with Gasteiger partial charge in [0, 0.05) is 67.5 Å². The van der Waals surface area contributed by atoms with Gasteiger partial charge in [-0.15, -0.1) is 0 Å². The molecule has 0 spiro atoms. The van der Waals surface area contributed by atoms with Crippen LogP contribution in [0, 0.1) is 0 Å². The zero-order chi connectivity index (χ0) is 22.6. The van der Waals surface area contributed by atoms with Crippen LogP contribution in [0.5, 0.6) is 0 Å². The van der Waals surface area contributed by atoms with Crippen LogP contribution < -0.4 is 10.6 Å². The van der Waals surface area contributed by atoms with Crippen molar-refractivity contribution in [2.24, 2.45) is 0 Å². The third-order valence-corrected chi connectivity index (χ3v) is 6.19. The fourth-order valence-electron chi connectivity index (χ4n) is 4.47. The summed E-state index contributed by atoms with van der Waals surface area (Å²) >= 11 is 0. The van der Waals surface area contributed by atoms with Crippen molar-refractivity contribution in [1.29, 1.82) is 0 Å². The molecule has 2 N–H and O–H groups in total. The van der Waals surface area contributed by atoms with Crippen LogP contribution in [-0.2, 0) is 37.1 Å². The summed E-state index contributed by atoms with van der Waals surface area (Å²) in [6.07, 6.45) is 8.99. The van der Waals surface area contributed by atoms with Crippen LogP contribution in [0.15, 0.2) is 55.0 Å². The molecule has 0 saturated heterocycles. The average molecular weight is 444 g/mol. The van der Waals surface area contributed by atoms with Crippen molar-refractivity contribution in [3.8, 4) is 0 Å². The molecule has 33 heavy (non-hydrogen) atoms. The highest BCUT2D eigenvalue weighted by atomic mass is 16.1. The van der Waals surface area contributed by atoms with Crippen molar-refractivity contribution < 1.29 is 4.79 Å². The molecule has 0 unspecified atom stereocenters. The average Bonchev–Trinajstić information content (AvgIpc) is 3.46. The first-order valence-electron chi connectivity index (χ1n) is 11.6. The van der Waals surface area contributed by atoms with E-state index in [0.717, 1.165) is 47.6 Å². The van der Waals surface area contributed by atoms with E-state index in [-0.39, 0.29) is 12.5 Å². The molecule has 0 radical (unpaired) electrons. The zero-order valence-electron chi connectivity index (χ0n) is 18.9. The Bertz CT molecular complexity index is 1230. The normalized spacial score (nSPS) is 15.2. The Morgan fingerprint density at radius 3 is 2.94 bits per heavy atom. The smallest absolute Gasteiger partial charge is 0.240 e. The van der Waals surface area contributed by atoms with Gasteiger partial charge in [-0.25, -0.2) is 4.98 Å². The number of fused-ring (bicyclic) bond motifs is 3. The lowest BCUT2D eigenvalue weighted by Crippen LogP contribution is -2.30. The van der Waals surface area contributed by atoms with E-state index in [2.05, 4.69) is 44.3 Å². The Labute approximate surface area is 193 Å². The molecule has 4 heterocycles. The minimum absolute atomic E-state index is 0.0185. The molecule has 3 aromatic heterocycles. The SMILES string of the molecule is C[C@H]1CCc2c(ccc3c2nc(CCn2cccn2)n3CC(=O)NCCc2ccccn2)N1. The van der Waals surface area contributed by atoms with Crippen molar-refractivity contribution in [3.05, 3.63) is 72.1 Å². The molecule has 170 valence electrons. The van der Waals surface area contributed by atoms with E-state index in [1.54, 1.807) is 12.4 Å².